The Balaban J connectivity index is 0.688. The van der Waals surface area contributed by atoms with E-state index in [1.54, 1.807) is 0 Å². The molecular formula is C69H78B6N8O12. The highest BCUT2D eigenvalue weighted by atomic mass is 16.6. The molecule has 3 spiro atoms. The second kappa shape index (κ2) is 31.6. The molecule has 0 N–H and O–H groups in total. The van der Waals surface area contributed by atoms with E-state index in [0.29, 0.717) is 119 Å². The second-order valence-electron chi connectivity index (χ2n) is 26.1. The topological polar surface area (TPSA) is 191 Å². The van der Waals surface area contributed by atoms with Crippen molar-refractivity contribution in [1.82, 2.24) is 9.80 Å². The van der Waals surface area contributed by atoms with Crippen LogP contribution in [0.2, 0.25) is 0 Å². The molecule has 95 heavy (non-hydrogen) atoms. The molecule has 0 radical (unpaired) electrons. The van der Waals surface area contributed by atoms with Crippen LogP contribution in [0.1, 0.15) is 33.4 Å². The number of hydrogen-bond donors (Lipinski definition) is 0. The number of nitrogens with zero attached hydrogens (tertiary/aromatic N) is 8. The van der Waals surface area contributed by atoms with Crippen molar-refractivity contribution in [1.29, 1.82) is 0 Å². The zero-order chi connectivity index (χ0) is 64.0. The van der Waals surface area contributed by atoms with Crippen LogP contribution in [0.3, 0.4) is 0 Å². The highest BCUT2D eigenvalue weighted by Crippen LogP contribution is 2.31. The van der Waals surface area contributed by atoms with E-state index in [1.807, 2.05) is 110 Å². The lowest BCUT2D eigenvalue weighted by Crippen LogP contribution is -2.58. The standard InChI is InChI=1S/C69H78B6N8O12/c1-13-61-14-2-55(1)37-76-25-31-82-32-26-77-38-56-5-17-63(18-6-56)72-88-47-68(48-89-72)51-92-74(93-52-68)65-21-9-59(10-22-65)41-80-29-35-83(34-28-79-40-58-3-15-62(16-4-58)71-86-45-67(46-87-71)43-84-70(61)85-44-67)36-30-81-42-60-11-23-66(24-12-60)75-94-53-69(54-95-75)49-90-73(91-50-69)64-19-7-57(8-20-64)39-78-27-33-82/h1-24,37-42H,25-36,43-54H2. The molecule has 45 aliphatic heterocycles. The van der Waals surface area contributed by atoms with Gasteiger partial charge in [-0.25, -0.2) is 0 Å². The van der Waals surface area contributed by atoms with Crippen molar-refractivity contribution in [3.05, 3.63) is 179 Å². The van der Waals surface area contributed by atoms with Gasteiger partial charge in [0.15, 0.2) is 0 Å². The molecule has 6 aromatic rings. The number of aliphatic imine (C=N–C) groups is 6. The monoisotopic (exact) mass is 1280 g/mol. The van der Waals surface area contributed by atoms with Crippen molar-refractivity contribution in [2.24, 2.45) is 46.2 Å². The minimum atomic E-state index is -0.487. The first kappa shape index (κ1) is 65.5. The molecule has 0 aliphatic carbocycles. The van der Waals surface area contributed by atoms with Gasteiger partial charge in [-0.05, 0) is 66.2 Å². The minimum absolute atomic E-state index is 0.397. The summed E-state index contributed by atoms with van der Waals surface area (Å²) >= 11 is 0. The molecule has 484 valence electrons. The summed E-state index contributed by atoms with van der Waals surface area (Å²) in [5.41, 5.74) is 10.4. The predicted molar refractivity (Wildman–Crippen MR) is 377 cm³/mol. The first-order valence-electron chi connectivity index (χ1n) is 33.3. The van der Waals surface area contributed by atoms with Crippen LogP contribution in [0.15, 0.2) is 176 Å². The van der Waals surface area contributed by atoms with Crippen LogP contribution in [-0.4, -0.2) is 248 Å². The van der Waals surface area contributed by atoms with Gasteiger partial charge in [-0.3, -0.25) is 39.8 Å². The zero-order valence-corrected chi connectivity index (χ0v) is 53.7. The Kier molecular flexibility index (Phi) is 21.8. The summed E-state index contributed by atoms with van der Waals surface area (Å²) in [6, 6.07) is 49.2. The molecule has 0 amide bonds. The molecule has 6 saturated heterocycles. The van der Waals surface area contributed by atoms with Gasteiger partial charge in [-0.15, -0.1) is 0 Å². The van der Waals surface area contributed by atoms with Gasteiger partial charge < -0.3 is 55.9 Å². The van der Waals surface area contributed by atoms with E-state index < -0.39 is 59.0 Å². The third-order valence-corrected chi connectivity index (χ3v) is 18.5. The molecule has 6 fully saturated rings. The quantitative estimate of drug-likeness (QED) is 0.200. The summed E-state index contributed by atoms with van der Waals surface area (Å²) in [4.78, 5) is 33.9. The van der Waals surface area contributed by atoms with Gasteiger partial charge in [0.1, 0.15) is 0 Å². The number of benzene rings is 6. The fraction of sp³-hybridized carbons (Fsp3) is 0.391. The third-order valence-electron chi connectivity index (χ3n) is 18.5. The molecule has 0 saturated carbocycles. The normalized spacial score (nSPS) is 26.0. The molecule has 26 heteroatoms. The maximum atomic E-state index is 6.34. The van der Waals surface area contributed by atoms with Gasteiger partial charge in [0.2, 0.25) is 0 Å². The van der Waals surface area contributed by atoms with Crippen molar-refractivity contribution in [3.8, 4) is 0 Å². The van der Waals surface area contributed by atoms with Crippen molar-refractivity contribution >= 4 is 113 Å². The molecule has 45 heterocycles. The van der Waals surface area contributed by atoms with E-state index in [2.05, 4.69) is 82.6 Å². The first-order valence-corrected chi connectivity index (χ1v) is 33.3. The van der Waals surface area contributed by atoms with Gasteiger partial charge in [-0.1, -0.05) is 146 Å². The summed E-state index contributed by atoms with van der Waals surface area (Å²) in [5.74, 6) is 0. The molecule has 23 bridgehead atoms. The predicted octanol–water partition coefficient (Wildman–Crippen LogP) is 1.74. The Morgan fingerprint density at radius 3 is 0.484 bits per heavy atom. The lowest BCUT2D eigenvalue weighted by atomic mass is 9.72. The summed E-state index contributed by atoms with van der Waals surface area (Å²) in [6.07, 6.45) is 11.6. The number of hydrogen-bond acceptors (Lipinski definition) is 20. The Hall–Kier alpha value is -6.83. The Labute approximate surface area is 558 Å². The van der Waals surface area contributed by atoms with Crippen LogP contribution in [0.25, 0.3) is 0 Å². The highest BCUT2D eigenvalue weighted by molar-refractivity contribution is 6.63. The molecule has 0 aromatic heterocycles. The van der Waals surface area contributed by atoms with Crippen molar-refractivity contribution < 1.29 is 55.9 Å². The average Bonchev–Trinajstić information content (AvgIpc) is 0.928. The lowest BCUT2D eigenvalue weighted by molar-refractivity contribution is -0.0789. The zero-order valence-electron chi connectivity index (χ0n) is 53.7. The van der Waals surface area contributed by atoms with E-state index in [9.17, 15) is 0 Å². The van der Waals surface area contributed by atoms with Gasteiger partial charge in [0, 0.05) is 156 Å². The SMILES string of the molecule is C1=NCCN2CCN=Cc3ccc(cc3)B3OCC4(CO3)COB(OC4)c3ccc(cc3)C=NCCN(CCN=Cc3ccc(cc3)B3OCC4(COB(OC4)c4ccc1cc4)CO3)CCN=Cc1ccc(cc1)B1OCC3(COB(OC3)c3ccc(cc3)C=NCC2)CO1. The van der Waals surface area contributed by atoms with Crippen LogP contribution in [0, 0.1) is 16.2 Å². The summed E-state index contributed by atoms with van der Waals surface area (Å²) in [5, 5.41) is 0. The van der Waals surface area contributed by atoms with Crippen molar-refractivity contribution in [3.63, 3.8) is 0 Å². The van der Waals surface area contributed by atoms with Crippen molar-refractivity contribution in [2.75, 3.05) is 158 Å². The molecular weight excluding hydrogens is 1200 g/mol. The molecule has 20 nitrogen and oxygen atoms in total. The summed E-state index contributed by atoms with van der Waals surface area (Å²) in [6.45, 7) is 13.5. The maximum absolute atomic E-state index is 6.34. The van der Waals surface area contributed by atoms with Gasteiger partial charge >= 0.3 is 42.7 Å². The average molecular weight is 1280 g/mol. The smallest absolute Gasteiger partial charge is 0.406 e. The van der Waals surface area contributed by atoms with Crippen LogP contribution < -0.4 is 32.8 Å². The Bertz CT molecular complexity index is 2980. The van der Waals surface area contributed by atoms with E-state index in [1.165, 1.54) is 0 Å². The van der Waals surface area contributed by atoms with Crippen LogP contribution in [-0.2, 0) is 55.9 Å². The maximum Gasteiger partial charge on any atom is 0.493 e. The van der Waals surface area contributed by atoms with E-state index in [0.717, 1.165) is 105 Å². The fourth-order valence-electron chi connectivity index (χ4n) is 12.5. The van der Waals surface area contributed by atoms with E-state index in [4.69, 9.17) is 85.8 Å². The Morgan fingerprint density at radius 2 is 0.347 bits per heavy atom. The lowest BCUT2D eigenvalue weighted by Gasteiger charge is -2.42. The van der Waals surface area contributed by atoms with Crippen LogP contribution in [0.4, 0.5) is 0 Å². The van der Waals surface area contributed by atoms with Gasteiger partial charge in [-0.2, -0.15) is 0 Å². The molecule has 45 aliphatic rings. The van der Waals surface area contributed by atoms with Gasteiger partial charge in [0.25, 0.3) is 0 Å². The molecule has 0 unspecified atom stereocenters. The van der Waals surface area contributed by atoms with E-state index >= 15 is 0 Å². The molecule has 6 aromatic carbocycles. The fourth-order valence-corrected chi connectivity index (χ4v) is 12.5. The third kappa shape index (κ3) is 17.3. The Morgan fingerprint density at radius 1 is 0.211 bits per heavy atom. The summed E-state index contributed by atoms with van der Waals surface area (Å²) < 4.78 is 76.1. The molecule has 51 rings (SSSR count). The van der Waals surface area contributed by atoms with Crippen molar-refractivity contribution in [2.45, 2.75) is 0 Å². The highest BCUT2D eigenvalue weighted by Gasteiger charge is 2.48. The van der Waals surface area contributed by atoms with E-state index in [-0.39, 0.29) is 0 Å². The largest absolute Gasteiger partial charge is 0.493 e. The van der Waals surface area contributed by atoms with Crippen LogP contribution in [0.5, 0.6) is 0 Å². The molecule has 0 atom stereocenters. The first-order chi connectivity index (χ1) is 46.8. The minimum Gasteiger partial charge on any atom is -0.406 e. The summed E-state index contributed by atoms with van der Waals surface area (Å²) in [7, 11) is -2.92. The van der Waals surface area contributed by atoms with Gasteiger partial charge in [0.05, 0.1) is 55.5 Å². The second-order valence-corrected chi connectivity index (χ2v) is 26.1. The number of rotatable bonds is 0. The van der Waals surface area contributed by atoms with Crippen LogP contribution >= 0.6 is 0 Å².